The van der Waals surface area contributed by atoms with Gasteiger partial charge in [-0.05, 0) is 128 Å². The van der Waals surface area contributed by atoms with Crippen molar-refractivity contribution in [1.82, 2.24) is 19.9 Å². The molecule has 0 saturated carbocycles. The summed E-state index contributed by atoms with van der Waals surface area (Å²) in [6, 6.07) is 16.8. The Hall–Kier alpha value is -6.29. The third kappa shape index (κ3) is 8.81. The van der Waals surface area contributed by atoms with Crippen molar-refractivity contribution in [2.24, 2.45) is 0 Å². The van der Waals surface area contributed by atoms with Crippen molar-refractivity contribution in [2.75, 3.05) is 35.7 Å². The third-order valence-corrected chi connectivity index (χ3v) is 9.96. The molecule has 1 atom stereocenters. The standard InChI is InChI=1S/C41H40BrN9O5/c1-22-13-27(18-43)14-23(2)34(22)55-37-26(5)20-45-40(49-37)47-30-9-11-51(12-10-30)33-17-29(36(54-6)39(52)53)7-8-32(33)48-41-46-21-31(42)38(50-41)56-35-24(3)15-28(19-44)16-25(35)4/h7-8,13-17,20-21,30,36H,9-12H2,1-6H3,(H,52,53)(H,45,47,49)(H,46,48,50). The number of aliphatic carboxylic acids is 1. The lowest BCUT2D eigenvalue weighted by molar-refractivity contribution is -0.148. The number of nitriles is 2. The Morgan fingerprint density at radius 2 is 1.39 bits per heavy atom. The predicted octanol–water partition coefficient (Wildman–Crippen LogP) is 8.50. The van der Waals surface area contributed by atoms with Crippen LogP contribution in [-0.4, -0.2) is 57.3 Å². The van der Waals surface area contributed by atoms with Gasteiger partial charge < -0.3 is 34.9 Å². The SMILES string of the molecule is COC(C(=O)O)c1ccc(Nc2ncc(Br)c(Oc3c(C)cc(C#N)cc3C)n2)c(N2CCC(Nc3ncc(C)c(Oc4c(C)cc(C#N)cc4C)n3)CC2)c1. The summed E-state index contributed by atoms with van der Waals surface area (Å²) in [6.45, 7) is 10.7. The molecule has 286 valence electrons. The number of anilines is 4. The van der Waals surface area contributed by atoms with Crippen molar-refractivity contribution < 1.29 is 24.1 Å². The number of benzene rings is 3. The molecule has 14 nitrogen and oxygen atoms in total. The van der Waals surface area contributed by atoms with Crippen molar-refractivity contribution in [3.05, 3.63) is 104 Å². The fourth-order valence-electron chi connectivity index (χ4n) is 6.65. The van der Waals surface area contributed by atoms with Crippen molar-refractivity contribution in [3.63, 3.8) is 0 Å². The number of carboxylic acids is 1. The van der Waals surface area contributed by atoms with Crippen LogP contribution in [-0.2, 0) is 9.53 Å². The molecule has 6 rings (SSSR count). The first-order valence-corrected chi connectivity index (χ1v) is 18.6. The van der Waals surface area contributed by atoms with Gasteiger partial charge in [-0.25, -0.2) is 14.8 Å². The smallest absolute Gasteiger partial charge is 0.337 e. The molecule has 15 heteroatoms. The number of ether oxygens (including phenoxy) is 3. The summed E-state index contributed by atoms with van der Waals surface area (Å²) in [6.07, 6.45) is 3.61. The summed E-state index contributed by atoms with van der Waals surface area (Å²) in [7, 11) is 1.37. The predicted molar refractivity (Wildman–Crippen MR) is 214 cm³/mol. The number of piperidine rings is 1. The second-order valence-corrected chi connectivity index (χ2v) is 14.5. The van der Waals surface area contributed by atoms with E-state index in [1.54, 1.807) is 48.8 Å². The van der Waals surface area contributed by atoms with Crippen molar-refractivity contribution in [3.8, 4) is 35.4 Å². The minimum Gasteiger partial charge on any atom is -0.479 e. The first kappa shape index (κ1) is 39.4. The molecule has 2 aromatic heterocycles. The number of aromatic nitrogens is 4. The molecule has 0 bridgehead atoms. The molecular weight excluding hydrogens is 778 g/mol. The highest BCUT2D eigenvalue weighted by molar-refractivity contribution is 9.10. The second kappa shape index (κ2) is 17.0. The number of hydrogen-bond donors (Lipinski definition) is 3. The quantitative estimate of drug-likeness (QED) is 0.109. The highest BCUT2D eigenvalue weighted by Gasteiger charge is 2.26. The van der Waals surface area contributed by atoms with E-state index in [0.29, 0.717) is 63.3 Å². The largest absolute Gasteiger partial charge is 0.479 e. The maximum atomic E-state index is 12.1. The van der Waals surface area contributed by atoms with Gasteiger partial charge in [0.05, 0.1) is 45.3 Å². The molecule has 3 aromatic carbocycles. The van der Waals surface area contributed by atoms with Crippen LogP contribution in [0.5, 0.6) is 23.3 Å². The molecule has 1 aliphatic heterocycles. The number of aryl methyl sites for hydroxylation is 5. The molecule has 0 amide bonds. The Balaban J connectivity index is 1.21. The van der Waals surface area contributed by atoms with Crippen molar-refractivity contribution >= 4 is 45.2 Å². The van der Waals surface area contributed by atoms with E-state index in [-0.39, 0.29) is 17.9 Å². The van der Waals surface area contributed by atoms with Crippen LogP contribution in [0.3, 0.4) is 0 Å². The van der Waals surface area contributed by atoms with Gasteiger partial charge in [0.1, 0.15) is 11.5 Å². The average Bonchev–Trinajstić information content (AvgIpc) is 3.17. The zero-order chi connectivity index (χ0) is 40.1. The number of carboxylic acid groups (broad SMARTS) is 1. The lowest BCUT2D eigenvalue weighted by Crippen LogP contribution is -2.39. The molecule has 0 aliphatic carbocycles. The Labute approximate surface area is 333 Å². The minimum atomic E-state index is -1.16. The van der Waals surface area contributed by atoms with Crippen LogP contribution in [0.1, 0.15) is 63.5 Å². The molecule has 1 saturated heterocycles. The number of halogens is 1. The topological polar surface area (TPSA) is 191 Å². The average molecular weight is 819 g/mol. The molecule has 3 heterocycles. The van der Waals surface area contributed by atoms with E-state index in [1.165, 1.54) is 7.11 Å². The van der Waals surface area contributed by atoms with Gasteiger partial charge in [0.25, 0.3) is 0 Å². The van der Waals surface area contributed by atoms with Gasteiger partial charge in [-0.1, -0.05) is 6.07 Å². The van der Waals surface area contributed by atoms with Gasteiger partial charge in [-0.3, -0.25) is 0 Å². The van der Waals surface area contributed by atoms with Gasteiger partial charge in [0.2, 0.25) is 23.7 Å². The molecule has 56 heavy (non-hydrogen) atoms. The summed E-state index contributed by atoms with van der Waals surface area (Å²) in [5.41, 5.74) is 7.06. The van der Waals surface area contributed by atoms with Crippen LogP contribution in [0.15, 0.2) is 59.3 Å². The van der Waals surface area contributed by atoms with Crippen LogP contribution in [0.4, 0.5) is 23.3 Å². The third-order valence-electron chi connectivity index (χ3n) is 9.41. The molecule has 1 aliphatic rings. The Kier molecular flexibility index (Phi) is 12.0. The molecule has 1 unspecified atom stereocenters. The van der Waals surface area contributed by atoms with E-state index >= 15 is 0 Å². The molecule has 1 fully saturated rings. The summed E-state index contributed by atoms with van der Waals surface area (Å²) in [5.74, 6) is 1.57. The fraction of sp³-hybridized carbons (Fsp3) is 0.293. The molecule has 3 N–H and O–H groups in total. The number of rotatable bonds is 12. The van der Waals surface area contributed by atoms with Crippen molar-refractivity contribution in [2.45, 2.75) is 59.6 Å². The summed E-state index contributed by atoms with van der Waals surface area (Å²) < 4.78 is 18.4. The molecular formula is C41H40BrN9O5. The number of nitrogens with zero attached hydrogens (tertiary/aromatic N) is 7. The summed E-state index contributed by atoms with van der Waals surface area (Å²) in [5, 5.41) is 35.4. The van der Waals surface area contributed by atoms with E-state index in [9.17, 15) is 20.4 Å². The molecule has 5 aromatic rings. The van der Waals surface area contributed by atoms with E-state index < -0.39 is 12.1 Å². The van der Waals surface area contributed by atoms with Crippen LogP contribution in [0.2, 0.25) is 0 Å². The molecule has 0 spiro atoms. The van der Waals surface area contributed by atoms with Gasteiger partial charge in [0.15, 0.2) is 6.10 Å². The fourth-order valence-corrected chi connectivity index (χ4v) is 6.93. The highest BCUT2D eigenvalue weighted by atomic mass is 79.9. The zero-order valence-corrected chi connectivity index (χ0v) is 33.4. The van der Waals surface area contributed by atoms with E-state index in [2.05, 4.69) is 58.6 Å². The first-order valence-electron chi connectivity index (χ1n) is 17.8. The summed E-state index contributed by atoms with van der Waals surface area (Å²) >= 11 is 3.50. The molecule has 0 radical (unpaired) electrons. The van der Waals surface area contributed by atoms with Gasteiger partial charge in [-0.2, -0.15) is 20.5 Å². The number of methoxy groups -OCH3 is 1. The highest BCUT2D eigenvalue weighted by Crippen LogP contribution is 2.37. The minimum absolute atomic E-state index is 0.0502. The lowest BCUT2D eigenvalue weighted by Gasteiger charge is -2.35. The summed E-state index contributed by atoms with van der Waals surface area (Å²) in [4.78, 5) is 32.6. The van der Waals surface area contributed by atoms with Crippen LogP contribution < -0.4 is 25.0 Å². The van der Waals surface area contributed by atoms with E-state index in [1.807, 2.05) is 40.7 Å². The van der Waals surface area contributed by atoms with Crippen LogP contribution in [0, 0.1) is 57.3 Å². The van der Waals surface area contributed by atoms with Crippen molar-refractivity contribution in [1.29, 1.82) is 10.5 Å². The first-order chi connectivity index (χ1) is 26.9. The van der Waals surface area contributed by atoms with Crippen LogP contribution >= 0.6 is 15.9 Å². The van der Waals surface area contributed by atoms with Gasteiger partial charge in [0, 0.05) is 38.0 Å². The number of hydrogen-bond acceptors (Lipinski definition) is 13. The van der Waals surface area contributed by atoms with E-state index in [0.717, 1.165) is 46.3 Å². The maximum absolute atomic E-state index is 12.1. The maximum Gasteiger partial charge on any atom is 0.337 e. The number of nitrogens with one attached hydrogen (secondary N) is 2. The Morgan fingerprint density at radius 3 is 1.95 bits per heavy atom. The van der Waals surface area contributed by atoms with E-state index in [4.69, 9.17) is 19.2 Å². The lowest BCUT2D eigenvalue weighted by atomic mass is 10.0. The van der Waals surface area contributed by atoms with Gasteiger partial charge >= 0.3 is 5.97 Å². The van der Waals surface area contributed by atoms with Gasteiger partial charge in [-0.15, -0.1) is 0 Å². The van der Waals surface area contributed by atoms with Crippen LogP contribution in [0.25, 0.3) is 0 Å². The zero-order valence-electron chi connectivity index (χ0n) is 31.8. The number of carbonyl (C=O) groups is 1. The Bertz CT molecular complexity index is 2340. The monoisotopic (exact) mass is 817 g/mol. The normalized spacial score (nSPS) is 13.3. The second-order valence-electron chi connectivity index (χ2n) is 13.6. The Morgan fingerprint density at radius 1 is 0.839 bits per heavy atom.